The van der Waals surface area contributed by atoms with Crippen LogP contribution in [-0.4, -0.2) is 54.3 Å². The lowest BCUT2D eigenvalue weighted by molar-refractivity contribution is -0.140. The van der Waals surface area contributed by atoms with Crippen LogP contribution in [0.15, 0.2) is 0 Å². The Labute approximate surface area is 128 Å². The third-order valence-electron chi connectivity index (χ3n) is 3.77. The number of hydrogen-bond donors (Lipinski definition) is 1. The summed E-state index contributed by atoms with van der Waals surface area (Å²) in [5, 5.41) is 0. The van der Waals surface area contributed by atoms with Crippen LogP contribution in [0.25, 0.3) is 0 Å². The predicted octanol–water partition coefficient (Wildman–Crippen LogP) is 1.25. The molecule has 118 valence electrons. The molecule has 1 aliphatic heterocycles. The van der Waals surface area contributed by atoms with Gasteiger partial charge in [-0.2, -0.15) is 0 Å². The zero-order valence-electron chi connectivity index (χ0n) is 12.8. The van der Waals surface area contributed by atoms with Crippen LogP contribution >= 0.6 is 12.4 Å². The molecule has 5 nitrogen and oxygen atoms in total. The maximum absolute atomic E-state index is 12.2. The SMILES string of the molecule is CCCCN(C)C(=O)C1CCN(C(=O)C(C)N)CC1.Cl. The Morgan fingerprint density at radius 2 is 1.90 bits per heavy atom. The van der Waals surface area contributed by atoms with Gasteiger partial charge in [-0.05, 0) is 26.2 Å². The minimum atomic E-state index is -0.445. The second kappa shape index (κ2) is 9.19. The topological polar surface area (TPSA) is 66.6 Å². The number of rotatable bonds is 5. The number of halogens is 1. The van der Waals surface area contributed by atoms with Gasteiger partial charge >= 0.3 is 0 Å². The lowest BCUT2D eigenvalue weighted by Crippen LogP contribution is -2.48. The summed E-state index contributed by atoms with van der Waals surface area (Å²) in [6.07, 6.45) is 3.66. The van der Waals surface area contributed by atoms with Crippen molar-refractivity contribution in [2.24, 2.45) is 11.7 Å². The minimum Gasteiger partial charge on any atom is -0.346 e. The molecule has 0 radical (unpaired) electrons. The fraction of sp³-hybridized carbons (Fsp3) is 0.857. The van der Waals surface area contributed by atoms with E-state index >= 15 is 0 Å². The molecule has 0 aromatic carbocycles. The standard InChI is InChI=1S/C14H27N3O2.ClH/c1-4-5-8-16(3)14(19)12-6-9-17(10-7-12)13(18)11(2)15;/h11-12H,4-10,15H2,1-3H3;1H. The van der Waals surface area contributed by atoms with Crippen molar-refractivity contribution in [3.8, 4) is 0 Å². The molecular formula is C14H28ClN3O2. The summed E-state index contributed by atoms with van der Waals surface area (Å²) in [4.78, 5) is 27.6. The average Bonchev–Trinajstić information content (AvgIpc) is 2.43. The van der Waals surface area contributed by atoms with Crippen LogP contribution in [0, 0.1) is 5.92 Å². The third kappa shape index (κ3) is 5.29. The highest BCUT2D eigenvalue weighted by atomic mass is 35.5. The molecule has 1 aliphatic rings. The van der Waals surface area contributed by atoms with Gasteiger partial charge in [0.1, 0.15) is 0 Å². The second-order valence-electron chi connectivity index (χ2n) is 5.50. The summed E-state index contributed by atoms with van der Waals surface area (Å²) in [5.74, 6) is 0.283. The Bertz CT molecular complexity index is 316. The van der Waals surface area contributed by atoms with E-state index in [1.807, 2.05) is 11.9 Å². The third-order valence-corrected chi connectivity index (χ3v) is 3.77. The van der Waals surface area contributed by atoms with Crippen molar-refractivity contribution in [2.45, 2.75) is 45.6 Å². The molecule has 1 rings (SSSR count). The predicted molar refractivity (Wildman–Crippen MR) is 82.7 cm³/mol. The number of likely N-dealkylation sites (tertiary alicyclic amines) is 1. The molecule has 0 spiro atoms. The van der Waals surface area contributed by atoms with E-state index in [2.05, 4.69) is 6.92 Å². The van der Waals surface area contributed by atoms with Crippen LogP contribution in [0.4, 0.5) is 0 Å². The van der Waals surface area contributed by atoms with Gasteiger partial charge in [-0.1, -0.05) is 13.3 Å². The maximum Gasteiger partial charge on any atom is 0.239 e. The van der Waals surface area contributed by atoms with Gasteiger partial charge < -0.3 is 15.5 Å². The van der Waals surface area contributed by atoms with Crippen LogP contribution in [0.1, 0.15) is 39.5 Å². The van der Waals surface area contributed by atoms with Crippen LogP contribution in [-0.2, 0) is 9.59 Å². The summed E-state index contributed by atoms with van der Waals surface area (Å²) >= 11 is 0. The van der Waals surface area contributed by atoms with Gasteiger partial charge in [0.25, 0.3) is 0 Å². The van der Waals surface area contributed by atoms with Gasteiger partial charge in [-0.3, -0.25) is 9.59 Å². The Kier molecular flexibility index (Phi) is 8.81. The minimum absolute atomic E-state index is 0. The summed E-state index contributed by atoms with van der Waals surface area (Å²) in [6, 6.07) is -0.445. The van der Waals surface area contributed by atoms with E-state index in [1.165, 1.54) is 0 Å². The summed E-state index contributed by atoms with van der Waals surface area (Å²) in [5.41, 5.74) is 5.60. The number of nitrogens with two attached hydrogens (primary N) is 1. The zero-order valence-corrected chi connectivity index (χ0v) is 13.6. The molecule has 6 heteroatoms. The Hall–Kier alpha value is -0.810. The van der Waals surface area contributed by atoms with E-state index in [9.17, 15) is 9.59 Å². The number of piperidine rings is 1. The van der Waals surface area contributed by atoms with Gasteiger partial charge in [0.2, 0.25) is 11.8 Å². The van der Waals surface area contributed by atoms with Crippen molar-refractivity contribution in [3.63, 3.8) is 0 Å². The number of carbonyl (C=O) groups is 2. The monoisotopic (exact) mass is 305 g/mol. The van der Waals surface area contributed by atoms with Gasteiger partial charge in [0.05, 0.1) is 6.04 Å². The highest BCUT2D eigenvalue weighted by Gasteiger charge is 2.29. The van der Waals surface area contributed by atoms with Crippen molar-refractivity contribution < 1.29 is 9.59 Å². The first kappa shape index (κ1) is 19.2. The molecule has 1 heterocycles. The molecule has 2 amide bonds. The Morgan fingerprint density at radius 1 is 1.35 bits per heavy atom. The summed E-state index contributed by atoms with van der Waals surface area (Å²) < 4.78 is 0. The lowest BCUT2D eigenvalue weighted by Gasteiger charge is -2.34. The van der Waals surface area contributed by atoms with Crippen molar-refractivity contribution in [1.82, 2.24) is 9.80 Å². The molecular weight excluding hydrogens is 278 g/mol. The average molecular weight is 306 g/mol. The van der Waals surface area contributed by atoms with E-state index in [0.29, 0.717) is 13.1 Å². The number of unbranched alkanes of at least 4 members (excludes halogenated alkanes) is 1. The maximum atomic E-state index is 12.2. The van der Waals surface area contributed by atoms with E-state index in [0.717, 1.165) is 32.2 Å². The fourth-order valence-corrected chi connectivity index (χ4v) is 2.45. The van der Waals surface area contributed by atoms with E-state index < -0.39 is 6.04 Å². The molecule has 0 aliphatic carbocycles. The zero-order chi connectivity index (χ0) is 14.4. The highest BCUT2D eigenvalue weighted by molar-refractivity contribution is 5.85. The van der Waals surface area contributed by atoms with Crippen LogP contribution in [0.5, 0.6) is 0 Å². The second-order valence-corrected chi connectivity index (χ2v) is 5.50. The normalized spacial score (nSPS) is 17.3. The molecule has 0 aromatic heterocycles. The first-order chi connectivity index (χ1) is 8.97. The van der Waals surface area contributed by atoms with Crippen molar-refractivity contribution in [1.29, 1.82) is 0 Å². The Morgan fingerprint density at radius 3 is 2.35 bits per heavy atom. The quantitative estimate of drug-likeness (QED) is 0.831. The molecule has 1 unspecified atom stereocenters. The Balaban J connectivity index is 0.00000361. The molecule has 0 saturated carbocycles. The number of amides is 2. The van der Waals surface area contributed by atoms with Crippen LogP contribution < -0.4 is 5.73 Å². The van der Waals surface area contributed by atoms with E-state index in [1.54, 1.807) is 11.8 Å². The molecule has 0 aromatic rings. The van der Waals surface area contributed by atoms with Gasteiger partial charge in [0, 0.05) is 32.6 Å². The first-order valence-electron chi connectivity index (χ1n) is 7.26. The van der Waals surface area contributed by atoms with E-state index in [4.69, 9.17) is 5.73 Å². The molecule has 2 N–H and O–H groups in total. The molecule has 1 saturated heterocycles. The fourth-order valence-electron chi connectivity index (χ4n) is 2.45. The highest BCUT2D eigenvalue weighted by Crippen LogP contribution is 2.19. The molecule has 20 heavy (non-hydrogen) atoms. The van der Waals surface area contributed by atoms with E-state index in [-0.39, 0.29) is 30.1 Å². The largest absolute Gasteiger partial charge is 0.346 e. The number of hydrogen-bond acceptors (Lipinski definition) is 3. The van der Waals surface area contributed by atoms with Crippen LogP contribution in [0.2, 0.25) is 0 Å². The van der Waals surface area contributed by atoms with Gasteiger partial charge in [-0.25, -0.2) is 0 Å². The van der Waals surface area contributed by atoms with Crippen molar-refractivity contribution in [2.75, 3.05) is 26.7 Å². The lowest BCUT2D eigenvalue weighted by atomic mass is 9.95. The van der Waals surface area contributed by atoms with Crippen molar-refractivity contribution in [3.05, 3.63) is 0 Å². The van der Waals surface area contributed by atoms with Crippen molar-refractivity contribution >= 4 is 24.2 Å². The number of nitrogens with zero attached hydrogens (tertiary/aromatic N) is 2. The molecule has 0 bridgehead atoms. The first-order valence-corrected chi connectivity index (χ1v) is 7.26. The van der Waals surface area contributed by atoms with Gasteiger partial charge in [-0.15, -0.1) is 12.4 Å². The summed E-state index contributed by atoms with van der Waals surface area (Å²) in [7, 11) is 1.87. The molecule has 1 fully saturated rings. The number of carbonyl (C=O) groups excluding carboxylic acids is 2. The summed E-state index contributed by atoms with van der Waals surface area (Å²) in [6.45, 7) is 5.96. The van der Waals surface area contributed by atoms with Crippen LogP contribution in [0.3, 0.4) is 0 Å². The molecule has 1 atom stereocenters. The van der Waals surface area contributed by atoms with Gasteiger partial charge in [0.15, 0.2) is 0 Å². The smallest absolute Gasteiger partial charge is 0.239 e.